The fraction of sp³-hybridized carbons (Fsp3) is 0.462. The summed E-state index contributed by atoms with van der Waals surface area (Å²) in [6.07, 6.45) is 2.31. The van der Waals surface area contributed by atoms with Crippen LogP contribution in [0.3, 0.4) is 0 Å². The molecule has 2 rings (SSSR count). The predicted molar refractivity (Wildman–Crippen MR) is 62.2 cm³/mol. The van der Waals surface area contributed by atoms with Gasteiger partial charge in [-0.1, -0.05) is 0 Å². The lowest BCUT2D eigenvalue weighted by Crippen LogP contribution is -2.33. The standard InChI is InChI=1S/C13H15FN2O/c14-13-6-12(4-3-11(13)7-15)17-9-10-2-1-5-16-8-10/h3-4,6,10,16H,1-2,5,8-9H2. The van der Waals surface area contributed by atoms with Gasteiger partial charge in [0, 0.05) is 18.5 Å². The summed E-state index contributed by atoms with van der Waals surface area (Å²) in [4.78, 5) is 0. The number of hydrogen-bond donors (Lipinski definition) is 1. The van der Waals surface area contributed by atoms with Gasteiger partial charge in [0.1, 0.15) is 17.6 Å². The zero-order valence-corrected chi connectivity index (χ0v) is 9.58. The van der Waals surface area contributed by atoms with Crippen LogP contribution in [0.25, 0.3) is 0 Å². The highest BCUT2D eigenvalue weighted by Crippen LogP contribution is 2.18. The normalized spacial score (nSPS) is 19.6. The van der Waals surface area contributed by atoms with E-state index in [9.17, 15) is 4.39 Å². The maximum Gasteiger partial charge on any atom is 0.144 e. The van der Waals surface area contributed by atoms with Crippen LogP contribution >= 0.6 is 0 Å². The first-order valence-corrected chi connectivity index (χ1v) is 5.83. The molecule has 1 N–H and O–H groups in total. The second-order valence-electron chi connectivity index (χ2n) is 4.28. The quantitative estimate of drug-likeness (QED) is 0.870. The summed E-state index contributed by atoms with van der Waals surface area (Å²) in [5.74, 6) is 0.460. The fourth-order valence-electron chi connectivity index (χ4n) is 1.96. The SMILES string of the molecule is N#Cc1ccc(OCC2CCCNC2)cc1F. The van der Waals surface area contributed by atoms with Crippen LogP contribution in [0.2, 0.25) is 0 Å². The van der Waals surface area contributed by atoms with E-state index in [1.54, 1.807) is 12.1 Å². The van der Waals surface area contributed by atoms with E-state index >= 15 is 0 Å². The lowest BCUT2D eigenvalue weighted by Gasteiger charge is -2.22. The van der Waals surface area contributed by atoms with Crippen molar-refractivity contribution >= 4 is 0 Å². The third-order valence-electron chi connectivity index (χ3n) is 2.95. The van der Waals surface area contributed by atoms with Crippen LogP contribution in [0.15, 0.2) is 18.2 Å². The fourth-order valence-corrected chi connectivity index (χ4v) is 1.96. The van der Waals surface area contributed by atoms with Crippen LogP contribution in [0.4, 0.5) is 4.39 Å². The first kappa shape index (κ1) is 11.9. The number of piperidine rings is 1. The molecule has 0 amide bonds. The Kier molecular flexibility index (Phi) is 3.94. The molecule has 0 saturated carbocycles. The van der Waals surface area contributed by atoms with Gasteiger partial charge in [0.25, 0.3) is 0 Å². The Morgan fingerprint density at radius 1 is 1.53 bits per heavy atom. The molecule has 3 nitrogen and oxygen atoms in total. The highest BCUT2D eigenvalue weighted by molar-refractivity contribution is 5.36. The van der Waals surface area contributed by atoms with Crippen molar-refractivity contribution in [1.29, 1.82) is 5.26 Å². The molecule has 1 unspecified atom stereocenters. The van der Waals surface area contributed by atoms with E-state index in [1.807, 2.05) is 0 Å². The average molecular weight is 234 g/mol. The molecular weight excluding hydrogens is 219 g/mol. The average Bonchev–Trinajstić information content (AvgIpc) is 2.38. The topological polar surface area (TPSA) is 45.0 Å². The number of benzene rings is 1. The number of rotatable bonds is 3. The van der Waals surface area contributed by atoms with Crippen LogP contribution in [0, 0.1) is 23.1 Å². The number of halogens is 1. The van der Waals surface area contributed by atoms with E-state index in [4.69, 9.17) is 10.00 Å². The van der Waals surface area contributed by atoms with Crippen molar-refractivity contribution in [2.75, 3.05) is 19.7 Å². The Labute approximate surface area is 100 Å². The zero-order chi connectivity index (χ0) is 12.1. The second kappa shape index (κ2) is 5.65. The molecule has 0 spiro atoms. The van der Waals surface area contributed by atoms with Crippen molar-refractivity contribution in [3.05, 3.63) is 29.6 Å². The first-order chi connectivity index (χ1) is 8.29. The van der Waals surface area contributed by atoms with E-state index in [0.717, 1.165) is 25.9 Å². The molecule has 1 heterocycles. The molecule has 0 aliphatic carbocycles. The van der Waals surface area contributed by atoms with Gasteiger partial charge in [0.15, 0.2) is 0 Å². The van der Waals surface area contributed by atoms with Gasteiger partial charge in [-0.05, 0) is 31.5 Å². The lowest BCUT2D eigenvalue weighted by atomic mass is 10.0. The van der Waals surface area contributed by atoms with Crippen molar-refractivity contribution in [2.24, 2.45) is 5.92 Å². The van der Waals surface area contributed by atoms with Gasteiger partial charge >= 0.3 is 0 Å². The van der Waals surface area contributed by atoms with Crippen LogP contribution in [0.5, 0.6) is 5.75 Å². The highest BCUT2D eigenvalue weighted by Gasteiger charge is 2.13. The summed E-state index contributed by atoms with van der Waals surface area (Å²) in [6.45, 7) is 2.62. The number of hydrogen-bond acceptors (Lipinski definition) is 3. The molecule has 1 fully saturated rings. The number of nitriles is 1. The van der Waals surface area contributed by atoms with Gasteiger partial charge in [-0.25, -0.2) is 4.39 Å². The maximum atomic E-state index is 13.3. The van der Waals surface area contributed by atoms with Crippen molar-refractivity contribution in [2.45, 2.75) is 12.8 Å². The predicted octanol–water partition coefficient (Wildman–Crippen LogP) is 2.08. The van der Waals surface area contributed by atoms with Gasteiger partial charge in [0.05, 0.1) is 12.2 Å². The van der Waals surface area contributed by atoms with Crippen LogP contribution in [-0.2, 0) is 0 Å². The molecule has 1 atom stereocenters. The van der Waals surface area contributed by atoms with Gasteiger partial charge < -0.3 is 10.1 Å². The van der Waals surface area contributed by atoms with Crippen LogP contribution in [0.1, 0.15) is 18.4 Å². The molecule has 90 valence electrons. The van der Waals surface area contributed by atoms with E-state index < -0.39 is 5.82 Å². The lowest BCUT2D eigenvalue weighted by molar-refractivity contribution is 0.218. The number of ether oxygens (including phenoxy) is 1. The molecule has 0 bridgehead atoms. The van der Waals surface area contributed by atoms with Gasteiger partial charge in [-0.2, -0.15) is 5.26 Å². The van der Waals surface area contributed by atoms with Crippen LogP contribution < -0.4 is 10.1 Å². The van der Waals surface area contributed by atoms with E-state index in [-0.39, 0.29) is 5.56 Å². The molecule has 4 heteroatoms. The minimum Gasteiger partial charge on any atom is -0.493 e. The van der Waals surface area contributed by atoms with E-state index in [0.29, 0.717) is 18.3 Å². The summed E-state index contributed by atoms with van der Waals surface area (Å²) in [6, 6.07) is 6.15. The third kappa shape index (κ3) is 3.18. The summed E-state index contributed by atoms with van der Waals surface area (Å²) < 4.78 is 18.8. The monoisotopic (exact) mass is 234 g/mol. The molecule has 17 heavy (non-hydrogen) atoms. The van der Waals surface area contributed by atoms with Crippen molar-refractivity contribution in [3.8, 4) is 11.8 Å². The van der Waals surface area contributed by atoms with Crippen molar-refractivity contribution in [1.82, 2.24) is 5.32 Å². The highest BCUT2D eigenvalue weighted by atomic mass is 19.1. The Hall–Kier alpha value is -1.60. The van der Waals surface area contributed by atoms with Gasteiger partial charge in [-0.15, -0.1) is 0 Å². The summed E-state index contributed by atoms with van der Waals surface area (Å²) in [7, 11) is 0. The molecule has 1 saturated heterocycles. The van der Waals surface area contributed by atoms with Gasteiger partial charge in [0.2, 0.25) is 0 Å². The minimum atomic E-state index is -0.522. The Morgan fingerprint density at radius 3 is 3.06 bits per heavy atom. The Bertz CT molecular complexity index is 422. The molecule has 1 aliphatic heterocycles. The number of nitrogens with one attached hydrogen (secondary N) is 1. The summed E-state index contributed by atoms with van der Waals surface area (Å²) in [5.41, 5.74) is 0.0525. The van der Waals surface area contributed by atoms with E-state index in [1.165, 1.54) is 12.1 Å². The molecular formula is C13H15FN2O. The second-order valence-corrected chi connectivity index (χ2v) is 4.28. The molecule has 0 aromatic heterocycles. The maximum absolute atomic E-state index is 13.3. The Morgan fingerprint density at radius 2 is 2.41 bits per heavy atom. The number of nitrogens with zero attached hydrogens (tertiary/aromatic N) is 1. The third-order valence-corrected chi connectivity index (χ3v) is 2.95. The molecule has 1 aliphatic rings. The minimum absolute atomic E-state index is 0.0525. The molecule has 1 aromatic carbocycles. The Balaban J connectivity index is 1.90. The smallest absolute Gasteiger partial charge is 0.144 e. The molecule has 0 radical (unpaired) electrons. The van der Waals surface area contributed by atoms with Crippen molar-refractivity contribution < 1.29 is 9.13 Å². The van der Waals surface area contributed by atoms with E-state index in [2.05, 4.69) is 5.32 Å². The largest absolute Gasteiger partial charge is 0.493 e. The first-order valence-electron chi connectivity index (χ1n) is 5.83. The summed E-state index contributed by atoms with van der Waals surface area (Å²) >= 11 is 0. The summed E-state index contributed by atoms with van der Waals surface area (Å²) in [5, 5.41) is 11.9. The van der Waals surface area contributed by atoms with Crippen molar-refractivity contribution in [3.63, 3.8) is 0 Å². The molecule has 1 aromatic rings. The van der Waals surface area contributed by atoms with Gasteiger partial charge in [-0.3, -0.25) is 0 Å². The van der Waals surface area contributed by atoms with Crippen LogP contribution in [-0.4, -0.2) is 19.7 Å². The zero-order valence-electron chi connectivity index (χ0n) is 9.58.